The fourth-order valence-electron chi connectivity index (χ4n) is 2.52. The van der Waals surface area contributed by atoms with Crippen LogP contribution in [-0.4, -0.2) is 29.2 Å². The number of hydrogen-bond acceptors (Lipinski definition) is 2. The summed E-state index contributed by atoms with van der Waals surface area (Å²) in [5.41, 5.74) is -0.413. The van der Waals surface area contributed by atoms with Gasteiger partial charge in [0.05, 0.1) is 0 Å². The smallest absolute Gasteiger partial charge is 0.410 e. The largest absolute Gasteiger partial charge is 0.444 e. The van der Waals surface area contributed by atoms with E-state index in [1.807, 2.05) is 25.7 Å². The Kier molecular flexibility index (Phi) is 7.11. The number of ether oxygens (including phenoxy) is 1. The second-order valence-electron chi connectivity index (χ2n) is 6.70. The van der Waals surface area contributed by atoms with E-state index in [9.17, 15) is 4.79 Å². The lowest BCUT2D eigenvalue weighted by molar-refractivity contribution is 0.0168. The molecular formula is C17H31NO2. The van der Waals surface area contributed by atoms with Gasteiger partial charge < -0.3 is 9.64 Å². The van der Waals surface area contributed by atoms with E-state index in [0.29, 0.717) is 12.6 Å². The van der Waals surface area contributed by atoms with Gasteiger partial charge in [-0.15, -0.1) is 0 Å². The van der Waals surface area contributed by atoms with Crippen molar-refractivity contribution in [2.75, 3.05) is 6.54 Å². The molecule has 1 aliphatic rings. The summed E-state index contributed by atoms with van der Waals surface area (Å²) in [6, 6.07) is 0.316. The van der Waals surface area contributed by atoms with Gasteiger partial charge in [-0.3, -0.25) is 0 Å². The second kappa shape index (κ2) is 8.33. The standard InChI is InChI=1S/C17H31NO2/c1-5-6-7-8-9-12-15-13-10-11-14-18(15)16(19)20-17(2,3)4/h10-11,15H,5-9,12-14H2,1-4H3/t15-/m1/s1. The average Bonchev–Trinajstić information content (AvgIpc) is 2.37. The van der Waals surface area contributed by atoms with Crippen molar-refractivity contribution in [3.8, 4) is 0 Å². The third-order valence-corrected chi connectivity index (χ3v) is 3.59. The minimum atomic E-state index is -0.413. The Morgan fingerprint density at radius 3 is 2.55 bits per heavy atom. The Balaban J connectivity index is 2.42. The highest BCUT2D eigenvalue weighted by Gasteiger charge is 2.28. The predicted molar refractivity (Wildman–Crippen MR) is 83.9 cm³/mol. The Bertz CT molecular complexity index is 317. The predicted octanol–water partition coefficient (Wildman–Crippen LogP) is 4.91. The summed E-state index contributed by atoms with van der Waals surface area (Å²) in [6.07, 6.45) is 12.5. The van der Waals surface area contributed by atoms with Crippen LogP contribution in [0.25, 0.3) is 0 Å². The Labute approximate surface area is 124 Å². The molecule has 1 rings (SSSR count). The van der Waals surface area contributed by atoms with Gasteiger partial charge in [-0.2, -0.15) is 0 Å². The maximum absolute atomic E-state index is 12.2. The van der Waals surface area contributed by atoms with Crippen LogP contribution in [0.4, 0.5) is 4.79 Å². The van der Waals surface area contributed by atoms with Crippen molar-refractivity contribution < 1.29 is 9.53 Å². The van der Waals surface area contributed by atoms with Crippen molar-refractivity contribution in [1.82, 2.24) is 4.90 Å². The number of hydrogen-bond donors (Lipinski definition) is 0. The Morgan fingerprint density at radius 2 is 1.90 bits per heavy atom. The number of unbranched alkanes of at least 4 members (excludes halogenated alkanes) is 4. The molecule has 1 aliphatic heterocycles. The van der Waals surface area contributed by atoms with E-state index < -0.39 is 5.60 Å². The molecule has 1 amide bonds. The first kappa shape index (κ1) is 17.1. The first-order chi connectivity index (χ1) is 9.44. The van der Waals surface area contributed by atoms with Gasteiger partial charge in [0.15, 0.2) is 0 Å². The van der Waals surface area contributed by atoms with E-state index in [-0.39, 0.29) is 6.09 Å². The summed E-state index contributed by atoms with van der Waals surface area (Å²) in [4.78, 5) is 14.1. The fourth-order valence-corrected chi connectivity index (χ4v) is 2.52. The van der Waals surface area contributed by atoms with Crippen LogP contribution in [0.1, 0.15) is 72.6 Å². The molecule has 0 saturated heterocycles. The van der Waals surface area contributed by atoms with Gasteiger partial charge in [-0.1, -0.05) is 51.2 Å². The number of rotatable bonds is 6. The molecule has 0 radical (unpaired) electrons. The molecule has 0 unspecified atom stereocenters. The van der Waals surface area contributed by atoms with Crippen molar-refractivity contribution >= 4 is 6.09 Å². The molecule has 116 valence electrons. The average molecular weight is 281 g/mol. The van der Waals surface area contributed by atoms with Crippen LogP contribution in [0.15, 0.2) is 12.2 Å². The van der Waals surface area contributed by atoms with Gasteiger partial charge in [-0.25, -0.2) is 4.79 Å². The SMILES string of the molecule is CCCCCCC[C@@H]1CC=CCN1C(=O)OC(C)(C)C. The maximum atomic E-state index is 12.2. The first-order valence-corrected chi connectivity index (χ1v) is 8.08. The fraction of sp³-hybridized carbons (Fsp3) is 0.824. The summed E-state index contributed by atoms with van der Waals surface area (Å²) in [6.45, 7) is 8.68. The number of amides is 1. The quantitative estimate of drug-likeness (QED) is 0.511. The Hall–Kier alpha value is -0.990. The summed E-state index contributed by atoms with van der Waals surface area (Å²) in [5.74, 6) is 0. The van der Waals surface area contributed by atoms with Gasteiger partial charge >= 0.3 is 6.09 Å². The van der Waals surface area contributed by atoms with Crippen molar-refractivity contribution in [3.05, 3.63) is 12.2 Å². The molecule has 1 heterocycles. The molecule has 0 N–H and O–H groups in total. The highest BCUT2D eigenvalue weighted by atomic mass is 16.6. The van der Waals surface area contributed by atoms with Crippen LogP contribution in [0.2, 0.25) is 0 Å². The van der Waals surface area contributed by atoms with E-state index in [1.54, 1.807) is 0 Å². The maximum Gasteiger partial charge on any atom is 0.410 e. The molecule has 0 aromatic rings. The molecule has 3 nitrogen and oxygen atoms in total. The second-order valence-corrected chi connectivity index (χ2v) is 6.70. The van der Waals surface area contributed by atoms with Gasteiger partial charge in [-0.05, 0) is 33.6 Å². The van der Waals surface area contributed by atoms with Crippen LogP contribution < -0.4 is 0 Å². The molecule has 0 bridgehead atoms. The number of nitrogens with zero attached hydrogens (tertiary/aromatic N) is 1. The van der Waals surface area contributed by atoms with Crippen LogP contribution >= 0.6 is 0 Å². The van der Waals surface area contributed by atoms with Crippen LogP contribution in [-0.2, 0) is 4.74 Å². The van der Waals surface area contributed by atoms with Crippen LogP contribution in [0.5, 0.6) is 0 Å². The molecule has 0 spiro atoms. The molecule has 20 heavy (non-hydrogen) atoms. The zero-order chi connectivity index (χ0) is 15.0. The zero-order valence-electron chi connectivity index (χ0n) is 13.7. The third kappa shape index (κ3) is 6.44. The van der Waals surface area contributed by atoms with Crippen LogP contribution in [0.3, 0.4) is 0 Å². The normalized spacial score (nSPS) is 19.2. The summed E-state index contributed by atoms with van der Waals surface area (Å²) in [7, 11) is 0. The minimum absolute atomic E-state index is 0.166. The number of carbonyl (C=O) groups excluding carboxylic acids is 1. The van der Waals surface area contributed by atoms with Crippen molar-refractivity contribution in [2.24, 2.45) is 0 Å². The van der Waals surface area contributed by atoms with Gasteiger partial charge in [0.1, 0.15) is 5.60 Å². The lowest BCUT2D eigenvalue weighted by Gasteiger charge is -2.34. The molecule has 0 aromatic heterocycles. The number of carbonyl (C=O) groups is 1. The first-order valence-electron chi connectivity index (χ1n) is 8.08. The summed E-state index contributed by atoms with van der Waals surface area (Å²) < 4.78 is 5.51. The topological polar surface area (TPSA) is 29.5 Å². The van der Waals surface area contributed by atoms with Crippen molar-refractivity contribution in [3.63, 3.8) is 0 Å². The van der Waals surface area contributed by atoms with E-state index in [2.05, 4.69) is 19.1 Å². The van der Waals surface area contributed by atoms with Gasteiger partial charge in [0.25, 0.3) is 0 Å². The molecule has 0 aliphatic carbocycles. The van der Waals surface area contributed by atoms with Crippen molar-refractivity contribution in [1.29, 1.82) is 0 Å². The summed E-state index contributed by atoms with van der Waals surface area (Å²) in [5, 5.41) is 0. The van der Waals surface area contributed by atoms with E-state index >= 15 is 0 Å². The zero-order valence-corrected chi connectivity index (χ0v) is 13.7. The van der Waals surface area contributed by atoms with E-state index in [1.165, 1.54) is 32.1 Å². The Morgan fingerprint density at radius 1 is 1.20 bits per heavy atom. The van der Waals surface area contributed by atoms with Gasteiger partial charge in [0, 0.05) is 12.6 Å². The van der Waals surface area contributed by atoms with Crippen LogP contribution in [0, 0.1) is 0 Å². The lowest BCUT2D eigenvalue weighted by Crippen LogP contribution is -2.44. The summed E-state index contributed by atoms with van der Waals surface area (Å²) >= 11 is 0. The molecule has 0 saturated carbocycles. The monoisotopic (exact) mass is 281 g/mol. The highest BCUT2D eigenvalue weighted by molar-refractivity contribution is 5.69. The molecule has 0 fully saturated rings. The molecule has 1 atom stereocenters. The van der Waals surface area contributed by atoms with E-state index in [4.69, 9.17) is 4.74 Å². The molecule has 0 aromatic carbocycles. The van der Waals surface area contributed by atoms with Crippen molar-refractivity contribution in [2.45, 2.75) is 84.3 Å². The van der Waals surface area contributed by atoms with E-state index in [0.717, 1.165) is 12.8 Å². The lowest BCUT2D eigenvalue weighted by atomic mass is 10.0. The highest BCUT2D eigenvalue weighted by Crippen LogP contribution is 2.21. The molecule has 3 heteroatoms. The minimum Gasteiger partial charge on any atom is -0.444 e. The third-order valence-electron chi connectivity index (χ3n) is 3.59. The van der Waals surface area contributed by atoms with Gasteiger partial charge in [0.2, 0.25) is 0 Å². The molecular weight excluding hydrogens is 250 g/mol.